The highest BCUT2D eigenvalue weighted by Crippen LogP contribution is 2.61. The monoisotopic (exact) mass is 263 g/mol. The fraction of sp³-hybridized carbons (Fsp3) is 0.286. The number of hydrogen-bond acceptors (Lipinski definition) is 2. The van der Waals surface area contributed by atoms with Gasteiger partial charge >= 0.3 is 11.2 Å². The molecule has 1 aliphatic heterocycles. The Morgan fingerprint density at radius 2 is 1.50 bits per heavy atom. The minimum absolute atomic E-state index is 0.923. The number of aromatic nitrogens is 1. The SMILES string of the molecule is Fc1nc(F)c2c(c1F)SC(F)(F)C2(F)F. The molecule has 0 bridgehead atoms. The van der Waals surface area contributed by atoms with Crippen LogP contribution in [0.15, 0.2) is 4.90 Å². The molecule has 0 saturated heterocycles. The van der Waals surface area contributed by atoms with Crippen molar-refractivity contribution >= 4 is 11.8 Å². The highest BCUT2D eigenvalue weighted by molar-refractivity contribution is 8.00. The van der Waals surface area contributed by atoms with E-state index in [0.717, 1.165) is 0 Å². The lowest BCUT2D eigenvalue weighted by Gasteiger charge is -2.17. The molecule has 2 rings (SSSR count). The Balaban J connectivity index is 2.78. The number of rotatable bonds is 0. The van der Waals surface area contributed by atoms with Crippen molar-refractivity contribution in [2.45, 2.75) is 16.1 Å². The molecule has 0 saturated carbocycles. The molecule has 2 heterocycles. The van der Waals surface area contributed by atoms with Crippen LogP contribution in [0.1, 0.15) is 5.56 Å². The minimum Gasteiger partial charge on any atom is -0.201 e. The summed E-state index contributed by atoms with van der Waals surface area (Å²) in [6, 6.07) is 0. The smallest absolute Gasteiger partial charge is 0.201 e. The minimum atomic E-state index is -4.92. The first-order valence-corrected chi connectivity index (χ1v) is 4.49. The fourth-order valence-electron chi connectivity index (χ4n) is 1.19. The molecule has 0 N–H and O–H groups in total. The predicted molar refractivity (Wildman–Crippen MR) is 38.8 cm³/mol. The molecular weight excluding hydrogens is 263 g/mol. The number of hydrogen-bond donors (Lipinski definition) is 0. The summed E-state index contributed by atoms with van der Waals surface area (Å²) in [5, 5.41) is -4.73. The van der Waals surface area contributed by atoms with E-state index >= 15 is 0 Å². The molecule has 0 unspecified atom stereocenters. The van der Waals surface area contributed by atoms with Crippen LogP contribution in [0.5, 0.6) is 0 Å². The molecule has 1 aliphatic rings. The maximum absolute atomic E-state index is 12.9. The van der Waals surface area contributed by atoms with Gasteiger partial charge in [-0.25, -0.2) is 4.39 Å². The molecule has 1 aromatic rings. The van der Waals surface area contributed by atoms with Crippen molar-refractivity contribution < 1.29 is 30.7 Å². The van der Waals surface area contributed by atoms with E-state index in [1.807, 2.05) is 0 Å². The van der Waals surface area contributed by atoms with Crippen LogP contribution in [-0.4, -0.2) is 10.2 Å². The number of halogens is 7. The summed E-state index contributed by atoms with van der Waals surface area (Å²) < 4.78 is 89.6. The average molecular weight is 263 g/mol. The summed E-state index contributed by atoms with van der Waals surface area (Å²) in [6.45, 7) is 0. The number of alkyl halides is 4. The van der Waals surface area contributed by atoms with Gasteiger partial charge in [-0.15, -0.1) is 0 Å². The number of fused-ring (bicyclic) bond motifs is 1. The molecule has 88 valence electrons. The zero-order valence-electron chi connectivity index (χ0n) is 7.00. The van der Waals surface area contributed by atoms with Crippen LogP contribution in [-0.2, 0) is 5.92 Å². The second kappa shape index (κ2) is 3.02. The van der Waals surface area contributed by atoms with Crippen LogP contribution in [0.2, 0.25) is 0 Å². The van der Waals surface area contributed by atoms with Crippen LogP contribution in [0.3, 0.4) is 0 Å². The van der Waals surface area contributed by atoms with Crippen LogP contribution in [0.4, 0.5) is 30.7 Å². The Labute approximate surface area is 87.7 Å². The van der Waals surface area contributed by atoms with Gasteiger partial charge in [-0.05, 0) is 11.8 Å². The van der Waals surface area contributed by atoms with Gasteiger partial charge in [0.2, 0.25) is 5.95 Å². The molecule has 1 aromatic heterocycles. The quantitative estimate of drug-likeness (QED) is 0.526. The lowest BCUT2D eigenvalue weighted by molar-refractivity contribution is -0.156. The summed E-state index contributed by atoms with van der Waals surface area (Å²) in [5.74, 6) is -11.1. The van der Waals surface area contributed by atoms with E-state index in [1.54, 1.807) is 0 Å². The molecule has 0 fully saturated rings. The Kier molecular flexibility index (Phi) is 2.17. The van der Waals surface area contributed by atoms with Crippen LogP contribution in [0, 0.1) is 17.7 Å². The highest BCUT2D eigenvalue weighted by Gasteiger charge is 2.67. The molecule has 0 radical (unpaired) electrons. The van der Waals surface area contributed by atoms with Crippen LogP contribution >= 0.6 is 11.8 Å². The van der Waals surface area contributed by atoms with E-state index in [4.69, 9.17) is 0 Å². The summed E-state index contributed by atoms with van der Waals surface area (Å²) >= 11 is -0.923. The van der Waals surface area contributed by atoms with Gasteiger partial charge in [-0.1, -0.05) is 0 Å². The van der Waals surface area contributed by atoms with Gasteiger partial charge in [0.1, 0.15) is 5.56 Å². The Morgan fingerprint density at radius 3 is 2.06 bits per heavy atom. The van der Waals surface area contributed by atoms with Gasteiger partial charge in [-0.3, -0.25) is 0 Å². The number of nitrogens with zero attached hydrogens (tertiary/aromatic N) is 1. The van der Waals surface area contributed by atoms with Gasteiger partial charge in [0, 0.05) is 0 Å². The van der Waals surface area contributed by atoms with E-state index in [1.165, 1.54) is 0 Å². The summed E-state index contributed by atoms with van der Waals surface area (Å²) in [7, 11) is 0. The summed E-state index contributed by atoms with van der Waals surface area (Å²) in [4.78, 5) is 0.727. The third-order valence-electron chi connectivity index (χ3n) is 1.92. The Hall–Kier alpha value is -0.990. The maximum Gasteiger partial charge on any atom is 0.365 e. The van der Waals surface area contributed by atoms with Crippen molar-refractivity contribution in [2.75, 3.05) is 0 Å². The van der Waals surface area contributed by atoms with Gasteiger partial charge in [0.15, 0.2) is 5.82 Å². The molecule has 16 heavy (non-hydrogen) atoms. The molecule has 0 spiro atoms. The first-order valence-electron chi connectivity index (χ1n) is 3.68. The normalized spacial score (nSPS) is 20.9. The van der Waals surface area contributed by atoms with E-state index in [-0.39, 0.29) is 0 Å². The topological polar surface area (TPSA) is 12.9 Å². The van der Waals surface area contributed by atoms with E-state index in [9.17, 15) is 30.7 Å². The summed E-state index contributed by atoms with van der Waals surface area (Å²) in [6.07, 6.45) is 0. The van der Waals surface area contributed by atoms with E-state index < -0.39 is 51.1 Å². The lowest BCUT2D eigenvalue weighted by Crippen LogP contribution is -2.31. The molecule has 1 nitrogen and oxygen atoms in total. The predicted octanol–water partition coefficient (Wildman–Crippen LogP) is 3.29. The summed E-state index contributed by atoms with van der Waals surface area (Å²) in [5.41, 5.74) is -1.90. The average Bonchev–Trinajstić information content (AvgIpc) is 2.30. The van der Waals surface area contributed by atoms with Crippen molar-refractivity contribution in [1.82, 2.24) is 4.98 Å². The number of pyridine rings is 1. The zero-order valence-corrected chi connectivity index (χ0v) is 7.82. The lowest BCUT2D eigenvalue weighted by atomic mass is 10.1. The second-order valence-corrected chi connectivity index (χ2v) is 4.03. The van der Waals surface area contributed by atoms with Crippen LogP contribution < -0.4 is 0 Å². The Morgan fingerprint density at radius 1 is 0.938 bits per heavy atom. The van der Waals surface area contributed by atoms with E-state index in [2.05, 4.69) is 4.98 Å². The van der Waals surface area contributed by atoms with Crippen molar-refractivity contribution in [2.24, 2.45) is 0 Å². The highest BCUT2D eigenvalue weighted by atomic mass is 32.2. The molecule has 9 heteroatoms. The molecule has 0 aliphatic carbocycles. The Bertz CT molecular complexity index is 472. The van der Waals surface area contributed by atoms with Gasteiger partial charge in [0.05, 0.1) is 4.90 Å². The van der Waals surface area contributed by atoms with Gasteiger partial charge in [0.25, 0.3) is 5.95 Å². The number of thioether (sulfide) groups is 1. The third-order valence-corrected chi connectivity index (χ3v) is 3.02. The van der Waals surface area contributed by atoms with E-state index in [0.29, 0.717) is 0 Å². The van der Waals surface area contributed by atoms with Crippen molar-refractivity contribution in [1.29, 1.82) is 0 Å². The molecular formula is C7F7NS. The first kappa shape index (κ1) is 11.5. The van der Waals surface area contributed by atoms with Crippen LogP contribution in [0.25, 0.3) is 0 Å². The second-order valence-electron chi connectivity index (χ2n) is 2.90. The van der Waals surface area contributed by atoms with Crippen molar-refractivity contribution in [3.8, 4) is 0 Å². The largest absolute Gasteiger partial charge is 0.365 e. The van der Waals surface area contributed by atoms with Gasteiger partial charge < -0.3 is 0 Å². The van der Waals surface area contributed by atoms with Crippen molar-refractivity contribution in [3.63, 3.8) is 0 Å². The van der Waals surface area contributed by atoms with Gasteiger partial charge in [-0.2, -0.15) is 31.3 Å². The first-order chi connectivity index (χ1) is 7.18. The fourth-order valence-corrected chi connectivity index (χ4v) is 2.17. The molecule has 0 amide bonds. The molecule has 0 aromatic carbocycles. The van der Waals surface area contributed by atoms with Crippen molar-refractivity contribution in [3.05, 3.63) is 23.3 Å². The third kappa shape index (κ3) is 1.23. The molecule has 0 atom stereocenters. The zero-order chi connectivity index (χ0) is 12.3. The standard InChI is InChI=1S/C7F7NS/c8-2-3-1(4(9)15-5(2)10)6(11,12)7(13,14)16-3. The maximum atomic E-state index is 12.9.